The second kappa shape index (κ2) is 5.31. The van der Waals surface area contributed by atoms with Crippen LogP contribution in [0.15, 0.2) is 28.7 Å². The van der Waals surface area contributed by atoms with E-state index in [1.54, 1.807) is 0 Å². The lowest BCUT2D eigenvalue weighted by Gasteiger charge is -1.94. The van der Waals surface area contributed by atoms with Crippen LogP contribution in [0.3, 0.4) is 0 Å². The second-order valence-corrected chi connectivity index (χ2v) is 4.37. The zero-order chi connectivity index (χ0) is 10.5. The molecule has 80 valence electrons. The van der Waals surface area contributed by atoms with E-state index >= 15 is 0 Å². The van der Waals surface area contributed by atoms with E-state index in [2.05, 4.69) is 20.9 Å². The van der Waals surface area contributed by atoms with Gasteiger partial charge in [0, 0.05) is 11.8 Å². The minimum absolute atomic E-state index is 0.866. The Balaban J connectivity index is 1.97. The largest absolute Gasteiger partial charge is 0.441 e. The van der Waals surface area contributed by atoms with Gasteiger partial charge >= 0.3 is 0 Å². The van der Waals surface area contributed by atoms with Crippen molar-refractivity contribution in [2.75, 3.05) is 5.33 Å². The highest BCUT2D eigenvalue weighted by Gasteiger charge is 2.03. The predicted octanol–water partition coefficient (Wildman–Crippen LogP) is 3.94. The van der Waals surface area contributed by atoms with E-state index in [-0.39, 0.29) is 0 Å². The van der Waals surface area contributed by atoms with E-state index in [1.165, 1.54) is 12.8 Å². The molecule has 1 aromatic carbocycles. The van der Waals surface area contributed by atoms with Gasteiger partial charge in [0.05, 0.1) is 0 Å². The third-order valence-electron chi connectivity index (χ3n) is 2.36. The summed E-state index contributed by atoms with van der Waals surface area (Å²) < 4.78 is 5.63. The molecule has 2 nitrogen and oxygen atoms in total. The average molecular weight is 268 g/mol. The van der Waals surface area contributed by atoms with Gasteiger partial charge in [-0.15, -0.1) is 0 Å². The number of aryl methyl sites for hydroxylation is 1. The highest BCUT2D eigenvalue weighted by Crippen LogP contribution is 2.16. The summed E-state index contributed by atoms with van der Waals surface area (Å²) in [6.07, 6.45) is 4.55. The van der Waals surface area contributed by atoms with Gasteiger partial charge in [0.25, 0.3) is 0 Å². The Morgan fingerprint density at radius 2 is 2.00 bits per heavy atom. The summed E-state index contributed by atoms with van der Waals surface area (Å²) in [5.41, 5.74) is 1.86. The molecule has 0 saturated heterocycles. The van der Waals surface area contributed by atoms with Crippen molar-refractivity contribution in [2.24, 2.45) is 0 Å². The van der Waals surface area contributed by atoms with E-state index in [4.69, 9.17) is 4.42 Å². The zero-order valence-electron chi connectivity index (χ0n) is 8.58. The molecule has 2 aromatic rings. The summed E-state index contributed by atoms with van der Waals surface area (Å²) in [4.78, 5) is 4.43. The maximum atomic E-state index is 5.63. The van der Waals surface area contributed by atoms with Crippen LogP contribution >= 0.6 is 15.9 Å². The molecule has 3 heteroatoms. The number of para-hydroxylation sites is 2. The number of rotatable bonds is 5. The molecule has 0 unspecified atom stereocenters. The third-order valence-corrected chi connectivity index (χ3v) is 2.92. The maximum absolute atomic E-state index is 5.63. The van der Waals surface area contributed by atoms with E-state index in [0.717, 1.165) is 35.2 Å². The molecule has 1 heterocycles. The first-order chi connectivity index (χ1) is 7.40. The number of benzene rings is 1. The van der Waals surface area contributed by atoms with Crippen molar-refractivity contribution in [3.63, 3.8) is 0 Å². The lowest BCUT2D eigenvalue weighted by atomic mass is 10.2. The number of unbranched alkanes of at least 4 members (excludes halogenated alkanes) is 2. The first-order valence-corrected chi connectivity index (χ1v) is 6.43. The van der Waals surface area contributed by atoms with Crippen LogP contribution in [0.25, 0.3) is 11.1 Å². The molecular formula is C12H14BrNO. The summed E-state index contributed by atoms with van der Waals surface area (Å²) in [5.74, 6) is 0.866. The van der Waals surface area contributed by atoms with Crippen molar-refractivity contribution in [1.82, 2.24) is 4.98 Å². The summed E-state index contributed by atoms with van der Waals surface area (Å²) in [5, 5.41) is 1.08. The van der Waals surface area contributed by atoms with Gasteiger partial charge < -0.3 is 4.42 Å². The molecule has 0 spiro atoms. The highest BCUT2D eigenvalue weighted by atomic mass is 79.9. The number of fused-ring (bicyclic) bond motifs is 1. The Morgan fingerprint density at radius 3 is 2.80 bits per heavy atom. The van der Waals surface area contributed by atoms with Crippen molar-refractivity contribution in [2.45, 2.75) is 25.7 Å². The standard InChI is InChI=1S/C12H14BrNO/c13-9-5-1-2-8-12-14-10-6-3-4-7-11(10)15-12/h3-4,6-7H,1-2,5,8-9H2. The minimum atomic E-state index is 0.866. The number of oxazole rings is 1. The van der Waals surface area contributed by atoms with Gasteiger partial charge in [-0.1, -0.05) is 34.5 Å². The fourth-order valence-corrected chi connectivity index (χ4v) is 1.97. The predicted molar refractivity (Wildman–Crippen MR) is 65.4 cm³/mol. The number of hydrogen-bond donors (Lipinski definition) is 0. The molecule has 15 heavy (non-hydrogen) atoms. The minimum Gasteiger partial charge on any atom is -0.441 e. The first kappa shape index (κ1) is 10.7. The quantitative estimate of drug-likeness (QED) is 0.606. The third kappa shape index (κ3) is 2.81. The smallest absolute Gasteiger partial charge is 0.195 e. The van der Waals surface area contributed by atoms with Crippen LogP contribution in [-0.2, 0) is 6.42 Å². The fourth-order valence-electron chi connectivity index (χ4n) is 1.57. The molecule has 0 amide bonds. The molecule has 2 rings (SSSR count). The number of halogens is 1. The molecule has 0 N–H and O–H groups in total. The van der Waals surface area contributed by atoms with Gasteiger partial charge in [0.1, 0.15) is 5.52 Å². The molecule has 0 radical (unpaired) electrons. The SMILES string of the molecule is BrCCCCCc1nc2ccccc2o1. The average Bonchev–Trinajstić information content (AvgIpc) is 2.67. The molecule has 1 aromatic heterocycles. The lowest BCUT2D eigenvalue weighted by Crippen LogP contribution is -1.85. The molecule has 0 fully saturated rings. The summed E-state index contributed by atoms with van der Waals surface area (Å²) in [6, 6.07) is 7.91. The summed E-state index contributed by atoms with van der Waals surface area (Å²) in [7, 11) is 0. The van der Waals surface area contributed by atoms with Gasteiger partial charge in [0.15, 0.2) is 11.5 Å². The van der Waals surface area contributed by atoms with E-state index in [9.17, 15) is 0 Å². The van der Waals surface area contributed by atoms with Crippen molar-refractivity contribution < 1.29 is 4.42 Å². The Bertz CT molecular complexity index is 391. The van der Waals surface area contributed by atoms with Crippen molar-refractivity contribution in [3.05, 3.63) is 30.2 Å². The van der Waals surface area contributed by atoms with Crippen LogP contribution in [0, 0.1) is 0 Å². The topological polar surface area (TPSA) is 26.0 Å². The van der Waals surface area contributed by atoms with Crippen LogP contribution in [-0.4, -0.2) is 10.3 Å². The summed E-state index contributed by atoms with van der Waals surface area (Å²) in [6.45, 7) is 0. The maximum Gasteiger partial charge on any atom is 0.195 e. The van der Waals surface area contributed by atoms with Crippen LogP contribution in [0.2, 0.25) is 0 Å². The Morgan fingerprint density at radius 1 is 1.13 bits per heavy atom. The first-order valence-electron chi connectivity index (χ1n) is 5.30. The monoisotopic (exact) mass is 267 g/mol. The molecule has 0 aliphatic carbocycles. The van der Waals surface area contributed by atoms with Crippen LogP contribution in [0.5, 0.6) is 0 Å². The van der Waals surface area contributed by atoms with Gasteiger partial charge in [-0.2, -0.15) is 0 Å². The summed E-state index contributed by atoms with van der Waals surface area (Å²) >= 11 is 3.42. The Kier molecular flexibility index (Phi) is 3.78. The molecule has 0 atom stereocenters. The number of alkyl halides is 1. The zero-order valence-corrected chi connectivity index (χ0v) is 10.2. The lowest BCUT2D eigenvalue weighted by molar-refractivity contribution is 0.513. The molecule has 0 bridgehead atoms. The highest BCUT2D eigenvalue weighted by molar-refractivity contribution is 9.09. The van der Waals surface area contributed by atoms with Crippen LogP contribution in [0.1, 0.15) is 25.2 Å². The Labute approximate surface area is 97.8 Å². The normalized spacial score (nSPS) is 11.0. The van der Waals surface area contributed by atoms with Gasteiger partial charge in [-0.25, -0.2) is 4.98 Å². The second-order valence-electron chi connectivity index (χ2n) is 3.57. The van der Waals surface area contributed by atoms with E-state index < -0.39 is 0 Å². The molecule has 0 saturated carbocycles. The fraction of sp³-hybridized carbons (Fsp3) is 0.417. The van der Waals surface area contributed by atoms with E-state index in [1.807, 2.05) is 24.3 Å². The van der Waals surface area contributed by atoms with Crippen molar-refractivity contribution in [1.29, 1.82) is 0 Å². The molecular weight excluding hydrogens is 254 g/mol. The number of aromatic nitrogens is 1. The number of nitrogens with zero attached hydrogens (tertiary/aromatic N) is 1. The van der Waals surface area contributed by atoms with Gasteiger partial charge in [0.2, 0.25) is 0 Å². The van der Waals surface area contributed by atoms with Crippen LogP contribution in [0.4, 0.5) is 0 Å². The van der Waals surface area contributed by atoms with E-state index in [0.29, 0.717) is 0 Å². The number of hydrogen-bond acceptors (Lipinski definition) is 2. The van der Waals surface area contributed by atoms with Crippen LogP contribution < -0.4 is 0 Å². The Hall–Kier alpha value is -0.830. The molecule has 0 aliphatic heterocycles. The van der Waals surface area contributed by atoms with Crippen molar-refractivity contribution in [3.8, 4) is 0 Å². The van der Waals surface area contributed by atoms with Gasteiger partial charge in [-0.3, -0.25) is 0 Å². The molecule has 0 aliphatic rings. The van der Waals surface area contributed by atoms with Gasteiger partial charge in [-0.05, 0) is 25.0 Å². The van der Waals surface area contributed by atoms with Crippen molar-refractivity contribution >= 4 is 27.0 Å².